The molecule has 0 aliphatic carbocycles. The minimum absolute atomic E-state index is 0.0423. The first-order valence-electron chi connectivity index (χ1n) is 7.14. The van der Waals surface area contributed by atoms with Gasteiger partial charge in [-0.2, -0.15) is 0 Å². The van der Waals surface area contributed by atoms with Crippen LogP contribution in [-0.4, -0.2) is 24.2 Å². The van der Waals surface area contributed by atoms with Crippen LogP contribution in [0.4, 0.5) is 14.5 Å². The Morgan fingerprint density at radius 1 is 1.20 bits per heavy atom. The van der Waals surface area contributed by atoms with Crippen LogP contribution >= 0.6 is 27.7 Å². The standard InChI is InChI=1S/C17H14BrF2NO3S/c1-10-6-11(18)2-5-15(10)25-9-17(23)24-8-16(22)21-14-4-3-12(19)7-13(14)20/h2-7H,8-9H2,1H3,(H,21,22). The summed E-state index contributed by atoms with van der Waals surface area (Å²) < 4.78 is 32.0. The van der Waals surface area contributed by atoms with Gasteiger partial charge in [-0.25, -0.2) is 8.78 Å². The smallest absolute Gasteiger partial charge is 0.316 e. The van der Waals surface area contributed by atoms with Gasteiger partial charge in [0, 0.05) is 15.4 Å². The molecular weight excluding hydrogens is 416 g/mol. The van der Waals surface area contributed by atoms with Crippen molar-refractivity contribution < 1.29 is 23.1 Å². The predicted molar refractivity (Wildman–Crippen MR) is 95.5 cm³/mol. The topological polar surface area (TPSA) is 55.4 Å². The van der Waals surface area contributed by atoms with Crippen LogP contribution < -0.4 is 5.32 Å². The number of anilines is 1. The highest BCUT2D eigenvalue weighted by Crippen LogP contribution is 2.25. The number of nitrogens with one attached hydrogen (secondary N) is 1. The Bertz CT molecular complexity index is 801. The number of thioether (sulfide) groups is 1. The Morgan fingerprint density at radius 3 is 2.64 bits per heavy atom. The van der Waals surface area contributed by atoms with Gasteiger partial charge in [-0.05, 0) is 42.8 Å². The van der Waals surface area contributed by atoms with Crippen LogP contribution in [0.3, 0.4) is 0 Å². The zero-order valence-electron chi connectivity index (χ0n) is 13.1. The van der Waals surface area contributed by atoms with E-state index in [0.29, 0.717) is 6.07 Å². The van der Waals surface area contributed by atoms with Gasteiger partial charge in [-0.1, -0.05) is 15.9 Å². The Labute approximate surface area is 156 Å². The summed E-state index contributed by atoms with van der Waals surface area (Å²) in [6, 6.07) is 8.43. The van der Waals surface area contributed by atoms with E-state index in [0.717, 1.165) is 27.1 Å². The van der Waals surface area contributed by atoms with Gasteiger partial charge in [0.05, 0.1) is 11.4 Å². The second kappa shape index (κ2) is 8.96. The molecule has 0 unspecified atom stereocenters. The number of aryl methyl sites for hydroxylation is 1. The monoisotopic (exact) mass is 429 g/mol. The summed E-state index contributed by atoms with van der Waals surface area (Å²) in [5, 5.41) is 2.21. The molecule has 2 aromatic rings. The third kappa shape index (κ3) is 6.13. The van der Waals surface area contributed by atoms with Crippen LogP contribution in [0.1, 0.15) is 5.56 Å². The third-order valence-electron chi connectivity index (χ3n) is 3.05. The highest BCUT2D eigenvalue weighted by molar-refractivity contribution is 9.10. The zero-order chi connectivity index (χ0) is 18.4. The lowest BCUT2D eigenvalue weighted by Crippen LogP contribution is -2.22. The lowest BCUT2D eigenvalue weighted by Gasteiger charge is -2.08. The molecule has 0 saturated carbocycles. The molecule has 2 aromatic carbocycles. The van der Waals surface area contributed by atoms with E-state index < -0.39 is 30.1 Å². The van der Waals surface area contributed by atoms with Gasteiger partial charge >= 0.3 is 5.97 Å². The molecule has 4 nitrogen and oxygen atoms in total. The third-order valence-corrected chi connectivity index (χ3v) is 4.69. The van der Waals surface area contributed by atoms with Crippen molar-refractivity contribution in [1.82, 2.24) is 0 Å². The van der Waals surface area contributed by atoms with Crippen LogP contribution in [0, 0.1) is 18.6 Å². The van der Waals surface area contributed by atoms with E-state index in [2.05, 4.69) is 21.2 Å². The first kappa shape index (κ1) is 19.4. The SMILES string of the molecule is Cc1cc(Br)ccc1SCC(=O)OCC(=O)Nc1ccc(F)cc1F. The summed E-state index contributed by atoms with van der Waals surface area (Å²) in [7, 11) is 0. The second-order valence-corrected chi connectivity index (χ2v) is 6.96. The van der Waals surface area contributed by atoms with Gasteiger partial charge in [0.25, 0.3) is 5.91 Å². The van der Waals surface area contributed by atoms with Gasteiger partial charge in [0.15, 0.2) is 6.61 Å². The summed E-state index contributed by atoms with van der Waals surface area (Å²) in [4.78, 5) is 24.3. The van der Waals surface area contributed by atoms with Crippen LogP contribution in [-0.2, 0) is 14.3 Å². The molecule has 0 bridgehead atoms. The van der Waals surface area contributed by atoms with Crippen molar-refractivity contribution in [2.75, 3.05) is 17.7 Å². The van der Waals surface area contributed by atoms with E-state index >= 15 is 0 Å². The normalized spacial score (nSPS) is 10.4. The number of esters is 1. The van der Waals surface area contributed by atoms with Crippen LogP contribution in [0.25, 0.3) is 0 Å². The fourth-order valence-electron chi connectivity index (χ4n) is 1.88. The lowest BCUT2D eigenvalue weighted by atomic mass is 10.2. The molecule has 0 aromatic heterocycles. The molecule has 0 saturated heterocycles. The number of ether oxygens (including phenoxy) is 1. The number of benzene rings is 2. The summed E-state index contributed by atoms with van der Waals surface area (Å²) >= 11 is 4.66. The van der Waals surface area contributed by atoms with Crippen molar-refractivity contribution in [3.63, 3.8) is 0 Å². The first-order chi connectivity index (χ1) is 11.8. The maximum Gasteiger partial charge on any atom is 0.316 e. The molecule has 0 aliphatic rings. The number of halogens is 3. The average molecular weight is 430 g/mol. The van der Waals surface area contributed by atoms with E-state index in [9.17, 15) is 18.4 Å². The lowest BCUT2D eigenvalue weighted by molar-refractivity contribution is -0.144. The molecule has 25 heavy (non-hydrogen) atoms. The number of carbonyl (C=O) groups excluding carboxylic acids is 2. The predicted octanol–water partition coefficient (Wildman–Crippen LogP) is 4.31. The van der Waals surface area contributed by atoms with E-state index in [-0.39, 0.29) is 11.4 Å². The largest absolute Gasteiger partial charge is 0.455 e. The molecule has 0 fully saturated rings. The van der Waals surface area contributed by atoms with Gasteiger partial charge < -0.3 is 10.1 Å². The van der Waals surface area contributed by atoms with Crippen molar-refractivity contribution in [2.24, 2.45) is 0 Å². The number of amides is 1. The van der Waals surface area contributed by atoms with Crippen LogP contribution in [0.5, 0.6) is 0 Å². The van der Waals surface area contributed by atoms with Crippen molar-refractivity contribution in [3.05, 3.63) is 58.1 Å². The van der Waals surface area contributed by atoms with Crippen molar-refractivity contribution in [1.29, 1.82) is 0 Å². The molecule has 132 valence electrons. The molecule has 0 heterocycles. The van der Waals surface area contributed by atoms with Crippen molar-refractivity contribution in [3.8, 4) is 0 Å². The van der Waals surface area contributed by atoms with E-state index in [1.54, 1.807) is 0 Å². The Kier molecular flexibility index (Phi) is 6.95. The van der Waals surface area contributed by atoms with E-state index in [1.807, 2.05) is 25.1 Å². The molecule has 1 amide bonds. The van der Waals surface area contributed by atoms with Gasteiger partial charge in [-0.15, -0.1) is 11.8 Å². The van der Waals surface area contributed by atoms with Crippen LogP contribution in [0.2, 0.25) is 0 Å². The van der Waals surface area contributed by atoms with Gasteiger partial charge in [0.2, 0.25) is 0 Å². The maximum atomic E-state index is 13.4. The Balaban J connectivity index is 1.78. The summed E-state index contributed by atoms with van der Waals surface area (Å²) in [6.07, 6.45) is 0. The molecule has 0 radical (unpaired) electrons. The van der Waals surface area contributed by atoms with Gasteiger partial charge in [0.1, 0.15) is 11.6 Å². The van der Waals surface area contributed by atoms with Gasteiger partial charge in [-0.3, -0.25) is 9.59 Å². The number of hydrogen-bond donors (Lipinski definition) is 1. The average Bonchev–Trinajstić information content (AvgIpc) is 2.55. The maximum absolute atomic E-state index is 13.4. The van der Waals surface area contributed by atoms with E-state index in [4.69, 9.17) is 4.74 Å². The Hall–Kier alpha value is -1.93. The summed E-state index contributed by atoms with van der Waals surface area (Å²) in [5.41, 5.74) is 0.832. The molecule has 2 rings (SSSR count). The van der Waals surface area contributed by atoms with Crippen LogP contribution in [0.15, 0.2) is 45.8 Å². The van der Waals surface area contributed by atoms with E-state index in [1.165, 1.54) is 11.8 Å². The number of rotatable bonds is 6. The summed E-state index contributed by atoms with van der Waals surface area (Å²) in [5.74, 6) is -2.88. The molecule has 0 atom stereocenters. The molecular formula is C17H14BrF2NO3S. The zero-order valence-corrected chi connectivity index (χ0v) is 15.5. The fraction of sp³-hybridized carbons (Fsp3) is 0.176. The highest BCUT2D eigenvalue weighted by atomic mass is 79.9. The second-order valence-electron chi connectivity index (χ2n) is 5.03. The van der Waals surface area contributed by atoms with Crippen molar-refractivity contribution >= 4 is 45.3 Å². The highest BCUT2D eigenvalue weighted by Gasteiger charge is 2.12. The first-order valence-corrected chi connectivity index (χ1v) is 8.92. The number of hydrogen-bond acceptors (Lipinski definition) is 4. The molecule has 0 spiro atoms. The molecule has 0 aliphatic heterocycles. The summed E-state index contributed by atoms with van der Waals surface area (Å²) in [6.45, 7) is 1.37. The molecule has 1 N–H and O–H groups in total. The quantitative estimate of drug-likeness (QED) is 0.548. The fourth-order valence-corrected chi connectivity index (χ4v) is 3.16. The Morgan fingerprint density at radius 2 is 1.96 bits per heavy atom. The minimum Gasteiger partial charge on any atom is -0.455 e. The minimum atomic E-state index is -0.902. The van der Waals surface area contributed by atoms with Crippen molar-refractivity contribution in [2.45, 2.75) is 11.8 Å². The number of carbonyl (C=O) groups is 2. The molecule has 8 heteroatoms.